The first-order valence-corrected chi connectivity index (χ1v) is 8.35. The molecule has 6 nitrogen and oxygen atoms in total. The van der Waals surface area contributed by atoms with E-state index in [4.69, 9.17) is 10.5 Å². The lowest BCUT2D eigenvalue weighted by molar-refractivity contribution is 0.0874. The van der Waals surface area contributed by atoms with Crippen molar-refractivity contribution in [2.24, 2.45) is 5.73 Å². The average Bonchev–Trinajstić information content (AvgIpc) is 3.20. The van der Waals surface area contributed by atoms with Crippen molar-refractivity contribution in [2.45, 2.75) is 47.3 Å². The second-order valence-corrected chi connectivity index (χ2v) is 8.86. The molecule has 104 valence electrons. The predicted octanol–water partition coefficient (Wildman–Crippen LogP) is 1.55. The lowest BCUT2D eigenvalue weighted by Gasteiger charge is -2.12. The molecule has 1 aromatic heterocycles. The number of primary amides is 1. The Morgan fingerprint density at radius 2 is 2.05 bits per heavy atom. The van der Waals surface area contributed by atoms with E-state index in [1.54, 1.807) is 12.3 Å². The van der Waals surface area contributed by atoms with Crippen LogP contribution in [0.15, 0.2) is 9.72 Å². The van der Waals surface area contributed by atoms with Crippen LogP contribution in [0.4, 0.5) is 4.79 Å². The third-order valence-electron chi connectivity index (χ3n) is 3.78. The van der Waals surface area contributed by atoms with Crippen molar-refractivity contribution < 1.29 is 17.9 Å². The zero-order valence-corrected chi connectivity index (χ0v) is 12.0. The molecule has 0 radical (unpaired) electrons. The quantitative estimate of drug-likeness (QED) is 0.909. The second kappa shape index (κ2) is 3.69. The number of ether oxygens (including phenoxy) is 1. The Labute approximate surface area is 114 Å². The molecule has 2 aliphatic rings. The Morgan fingerprint density at radius 3 is 2.53 bits per heavy atom. The van der Waals surface area contributed by atoms with Crippen LogP contribution in [0.5, 0.6) is 0 Å². The summed E-state index contributed by atoms with van der Waals surface area (Å²) in [5.41, 5.74) is 4.73. The number of nitrogens with zero attached hydrogens (tertiary/aromatic N) is 1. The molecule has 2 fully saturated rings. The molecule has 0 bridgehead atoms. The number of nitrogens with two attached hydrogens (primary N) is 1. The van der Waals surface area contributed by atoms with Crippen LogP contribution in [0, 0.1) is 0 Å². The van der Waals surface area contributed by atoms with Gasteiger partial charge in [-0.3, -0.25) is 0 Å². The van der Waals surface area contributed by atoms with Crippen LogP contribution in [-0.2, 0) is 20.2 Å². The molecule has 0 atom stereocenters. The van der Waals surface area contributed by atoms with E-state index in [1.165, 1.54) is 0 Å². The van der Waals surface area contributed by atoms with Gasteiger partial charge in [-0.25, -0.2) is 18.2 Å². The maximum atomic E-state index is 12.3. The maximum absolute atomic E-state index is 12.3. The lowest BCUT2D eigenvalue weighted by Crippen LogP contribution is -2.23. The molecule has 3 rings (SSSR count). The number of rotatable bonds is 4. The van der Waals surface area contributed by atoms with E-state index in [9.17, 15) is 13.2 Å². The fourth-order valence-corrected chi connectivity index (χ4v) is 5.13. The van der Waals surface area contributed by atoms with Crippen LogP contribution in [0.3, 0.4) is 0 Å². The van der Waals surface area contributed by atoms with Crippen molar-refractivity contribution in [3.8, 4) is 0 Å². The molecule has 2 aliphatic carbocycles. The maximum Gasteiger partial charge on any atom is 0.405 e. The summed E-state index contributed by atoms with van der Waals surface area (Å²) in [5.74, 6) is 0. The highest BCUT2D eigenvalue weighted by molar-refractivity contribution is 7.94. The number of sulfone groups is 1. The van der Waals surface area contributed by atoms with Gasteiger partial charge >= 0.3 is 6.09 Å². The van der Waals surface area contributed by atoms with Crippen LogP contribution in [0.2, 0.25) is 0 Å². The van der Waals surface area contributed by atoms with E-state index in [2.05, 4.69) is 4.98 Å². The van der Waals surface area contributed by atoms with Gasteiger partial charge in [0.25, 0.3) is 0 Å². The van der Waals surface area contributed by atoms with Gasteiger partial charge in [-0.1, -0.05) is 0 Å². The molecule has 19 heavy (non-hydrogen) atoms. The Morgan fingerprint density at radius 1 is 1.42 bits per heavy atom. The number of amides is 1. The van der Waals surface area contributed by atoms with Gasteiger partial charge in [-0.15, -0.1) is 11.3 Å². The summed E-state index contributed by atoms with van der Waals surface area (Å²) in [6.45, 7) is 1.73. The lowest BCUT2D eigenvalue weighted by atomic mass is 10.2. The van der Waals surface area contributed by atoms with E-state index in [0.717, 1.165) is 11.3 Å². The van der Waals surface area contributed by atoms with Crippen molar-refractivity contribution in [3.05, 3.63) is 11.1 Å². The minimum absolute atomic E-state index is 0.113. The number of hydrogen-bond donors (Lipinski definition) is 1. The van der Waals surface area contributed by atoms with Crippen molar-refractivity contribution >= 4 is 27.3 Å². The van der Waals surface area contributed by atoms with E-state index in [1.807, 2.05) is 0 Å². The van der Waals surface area contributed by atoms with E-state index in [-0.39, 0.29) is 4.34 Å². The van der Waals surface area contributed by atoms with Gasteiger partial charge in [0.1, 0.15) is 0 Å². The smallest absolute Gasteiger partial charge is 0.405 e. The van der Waals surface area contributed by atoms with Crippen LogP contribution < -0.4 is 5.73 Å². The first-order valence-electron chi connectivity index (χ1n) is 5.98. The average molecular weight is 302 g/mol. The van der Waals surface area contributed by atoms with Gasteiger partial charge < -0.3 is 10.5 Å². The van der Waals surface area contributed by atoms with Crippen LogP contribution >= 0.6 is 11.3 Å². The molecule has 0 unspecified atom stereocenters. The fraction of sp³-hybridized carbons (Fsp3) is 0.636. The third-order valence-corrected chi connectivity index (χ3v) is 7.62. The van der Waals surface area contributed by atoms with E-state index in [0.29, 0.717) is 31.4 Å². The zero-order valence-electron chi connectivity index (χ0n) is 10.4. The topological polar surface area (TPSA) is 99.3 Å². The second-order valence-electron chi connectivity index (χ2n) is 5.37. The molecule has 1 heterocycles. The number of carbonyl (C=O) groups is 1. The van der Waals surface area contributed by atoms with Gasteiger partial charge in [0, 0.05) is 5.38 Å². The first-order chi connectivity index (χ1) is 8.79. The Bertz CT molecular complexity index is 641. The van der Waals surface area contributed by atoms with Gasteiger partial charge in [0.2, 0.25) is 14.2 Å². The monoisotopic (exact) mass is 302 g/mol. The molecule has 2 saturated carbocycles. The SMILES string of the molecule is CC1(S(=O)(=O)c2nc(C3(OC(N)=O)CC3)cs2)CC1. The summed E-state index contributed by atoms with van der Waals surface area (Å²) in [7, 11) is -3.37. The first kappa shape index (κ1) is 12.9. The van der Waals surface area contributed by atoms with E-state index >= 15 is 0 Å². The highest BCUT2D eigenvalue weighted by atomic mass is 32.2. The Hall–Kier alpha value is -1.15. The highest BCUT2D eigenvalue weighted by Crippen LogP contribution is 2.51. The van der Waals surface area contributed by atoms with Gasteiger partial charge in [0.05, 0.1) is 10.4 Å². The molecule has 8 heteroatoms. The number of carbonyl (C=O) groups excluding carboxylic acids is 1. The van der Waals surface area contributed by atoms with Crippen LogP contribution in [0.25, 0.3) is 0 Å². The summed E-state index contributed by atoms with van der Waals surface area (Å²) >= 11 is 1.09. The Balaban J connectivity index is 1.91. The Kier molecular flexibility index (Phi) is 2.50. The normalized spacial score (nSPS) is 22.8. The number of hydrogen-bond acceptors (Lipinski definition) is 6. The van der Waals surface area contributed by atoms with Gasteiger partial charge in [-0.05, 0) is 32.6 Å². The summed E-state index contributed by atoms with van der Waals surface area (Å²) in [6, 6.07) is 0. The molecule has 0 aromatic carbocycles. The molecule has 0 saturated heterocycles. The summed E-state index contributed by atoms with van der Waals surface area (Å²) in [5, 5.41) is 1.65. The molecule has 2 N–H and O–H groups in total. The van der Waals surface area contributed by atoms with E-state index < -0.39 is 26.3 Å². The number of aromatic nitrogens is 1. The molecular formula is C11H14N2O4S2. The minimum Gasteiger partial charge on any atom is -0.437 e. The van der Waals surface area contributed by atoms with Gasteiger partial charge in [0.15, 0.2) is 5.60 Å². The summed E-state index contributed by atoms with van der Waals surface area (Å²) in [4.78, 5) is 15.0. The fourth-order valence-electron chi connectivity index (χ4n) is 1.96. The third kappa shape index (κ3) is 1.93. The standard InChI is InChI=1S/C11H14N2O4S2/c1-10(2-3-10)19(15,16)9-13-7(6-18-9)11(4-5-11)17-8(12)14/h6H,2-5H2,1H3,(H2,12,14). The largest absolute Gasteiger partial charge is 0.437 e. The van der Waals surface area contributed by atoms with Crippen LogP contribution in [-0.4, -0.2) is 24.2 Å². The molecular weight excluding hydrogens is 288 g/mol. The van der Waals surface area contributed by atoms with Gasteiger partial charge in [-0.2, -0.15) is 0 Å². The summed E-state index contributed by atoms with van der Waals surface area (Å²) < 4.78 is 29.1. The minimum atomic E-state index is -3.37. The van der Waals surface area contributed by atoms with Crippen molar-refractivity contribution in [3.63, 3.8) is 0 Å². The van der Waals surface area contributed by atoms with Crippen molar-refractivity contribution in [2.75, 3.05) is 0 Å². The summed E-state index contributed by atoms with van der Waals surface area (Å²) in [6.07, 6.45) is 1.76. The molecule has 1 amide bonds. The molecule has 1 aromatic rings. The molecule has 0 spiro atoms. The van der Waals surface area contributed by atoms with Crippen LogP contribution in [0.1, 0.15) is 38.3 Å². The zero-order chi connectivity index (χ0) is 13.9. The predicted molar refractivity (Wildman–Crippen MR) is 68.5 cm³/mol. The molecule has 0 aliphatic heterocycles. The van der Waals surface area contributed by atoms with Crippen molar-refractivity contribution in [1.82, 2.24) is 4.98 Å². The number of thiazole rings is 1. The highest BCUT2D eigenvalue weighted by Gasteiger charge is 2.54. The van der Waals surface area contributed by atoms with Crippen molar-refractivity contribution in [1.29, 1.82) is 0 Å².